The summed E-state index contributed by atoms with van der Waals surface area (Å²) in [5, 5.41) is 3.34. The van der Waals surface area contributed by atoms with Crippen LogP contribution in [0.1, 0.15) is 19.8 Å². The van der Waals surface area contributed by atoms with Gasteiger partial charge in [-0.2, -0.15) is 0 Å². The van der Waals surface area contributed by atoms with Gasteiger partial charge in [-0.1, -0.05) is 6.07 Å². The van der Waals surface area contributed by atoms with Gasteiger partial charge in [-0.05, 0) is 31.9 Å². The average Bonchev–Trinajstić information content (AvgIpc) is 3.26. The van der Waals surface area contributed by atoms with Gasteiger partial charge in [-0.3, -0.25) is 4.79 Å². The lowest BCUT2D eigenvalue weighted by Gasteiger charge is -2.37. The van der Waals surface area contributed by atoms with Gasteiger partial charge in [0.25, 0.3) is 0 Å². The Morgan fingerprint density at radius 3 is 2.46 bits per heavy atom. The first-order valence-electron chi connectivity index (χ1n) is 9.91. The van der Waals surface area contributed by atoms with Gasteiger partial charge in [0.1, 0.15) is 12.3 Å². The summed E-state index contributed by atoms with van der Waals surface area (Å²) in [5.41, 5.74) is 1.18. The number of hydrogen-bond donors (Lipinski definition) is 1. The highest BCUT2D eigenvalue weighted by molar-refractivity contribution is 14.0. The normalized spacial score (nSPS) is 17.4. The number of carbonyl (C=O) groups is 1. The van der Waals surface area contributed by atoms with Crippen molar-refractivity contribution in [1.82, 2.24) is 15.1 Å². The molecule has 3 rings (SSSR count). The van der Waals surface area contributed by atoms with Crippen LogP contribution in [0.15, 0.2) is 29.3 Å². The highest BCUT2D eigenvalue weighted by Crippen LogP contribution is 2.22. The minimum atomic E-state index is 0. The summed E-state index contributed by atoms with van der Waals surface area (Å²) in [4.78, 5) is 23.4. The summed E-state index contributed by atoms with van der Waals surface area (Å²) in [6, 6.07) is 8.18. The summed E-state index contributed by atoms with van der Waals surface area (Å²) >= 11 is 0. The van der Waals surface area contributed by atoms with Crippen LogP contribution < -0.4 is 15.0 Å². The predicted molar refractivity (Wildman–Crippen MR) is 124 cm³/mol. The van der Waals surface area contributed by atoms with Crippen molar-refractivity contribution in [2.45, 2.75) is 19.8 Å². The van der Waals surface area contributed by atoms with Crippen molar-refractivity contribution in [3.8, 4) is 5.75 Å². The molecular weight excluding hydrogens is 469 g/mol. The molecule has 2 heterocycles. The Labute approximate surface area is 185 Å². The lowest BCUT2D eigenvalue weighted by Crippen LogP contribution is -2.52. The number of anilines is 1. The number of amides is 1. The topological polar surface area (TPSA) is 60.4 Å². The summed E-state index contributed by atoms with van der Waals surface area (Å²) in [6.07, 6.45) is 2.23. The van der Waals surface area contributed by atoms with E-state index in [1.165, 1.54) is 5.69 Å². The zero-order valence-electron chi connectivity index (χ0n) is 16.9. The average molecular weight is 501 g/mol. The zero-order chi connectivity index (χ0) is 19.1. The van der Waals surface area contributed by atoms with Gasteiger partial charge in [0.2, 0.25) is 5.91 Å². The van der Waals surface area contributed by atoms with Gasteiger partial charge in [-0.25, -0.2) is 4.99 Å². The van der Waals surface area contributed by atoms with Crippen molar-refractivity contribution in [3.63, 3.8) is 0 Å². The number of aliphatic imine (C=N–C) groups is 1. The van der Waals surface area contributed by atoms with Gasteiger partial charge >= 0.3 is 0 Å². The molecule has 2 fully saturated rings. The second-order valence-corrected chi connectivity index (χ2v) is 6.93. The molecule has 2 saturated heterocycles. The molecule has 1 N–H and O–H groups in total. The standard InChI is InChI=1S/C20H31N5O2.HI/c1-3-21-20(22-16-19(26)24-9-4-5-10-24)25-13-11-23(12-14-25)17-7-6-8-18(15-17)27-2;/h6-8,15H,3-5,9-14,16H2,1-2H3,(H,21,22);1H. The third kappa shape index (κ3) is 5.89. The third-order valence-corrected chi connectivity index (χ3v) is 5.16. The predicted octanol–water partition coefficient (Wildman–Crippen LogP) is 2.02. The zero-order valence-corrected chi connectivity index (χ0v) is 19.2. The molecule has 0 saturated carbocycles. The SMILES string of the molecule is CCNC(=NCC(=O)N1CCCC1)N1CCN(c2cccc(OC)c2)CC1.I. The fourth-order valence-electron chi connectivity index (χ4n) is 3.62. The number of nitrogens with zero attached hydrogens (tertiary/aromatic N) is 4. The number of piperazine rings is 1. The smallest absolute Gasteiger partial charge is 0.244 e. The van der Waals surface area contributed by atoms with E-state index in [1.807, 2.05) is 17.0 Å². The van der Waals surface area contributed by atoms with E-state index in [2.05, 4.69) is 39.2 Å². The van der Waals surface area contributed by atoms with Gasteiger partial charge in [0, 0.05) is 57.6 Å². The molecule has 0 spiro atoms. The third-order valence-electron chi connectivity index (χ3n) is 5.16. The Kier molecular flexibility index (Phi) is 9.14. The monoisotopic (exact) mass is 501 g/mol. The van der Waals surface area contributed by atoms with Crippen molar-refractivity contribution in [3.05, 3.63) is 24.3 Å². The minimum Gasteiger partial charge on any atom is -0.497 e. The molecule has 1 aromatic carbocycles. The summed E-state index contributed by atoms with van der Waals surface area (Å²) in [7, 11) is 1.69. The number of benzene rings is 1. The molecular formula is C20H32IN5O2. The van der Waals surface area contributed by atoms with Crippen LogP contribution in [-0.4, -0.2) is 81.1 Å². The fourth-order valence-corrected chi connectivity index (χ4v) is 3.62. The summed E-state index contributed by atoms with van der Waals surface area (Å²) < 4.78 is 5.33. The van der Waals surface area contributed by atoms with E-state index < -0.39 is 0 Å². The van der Waals surface area contributed by atoms with E-state index in [4.69, 9.17) is 4.74 Å². The number of carbonyl (C=O) groups excluding carboxylic acids is 1. The van der Waals surface area contributed by atoms with E-state index >= 15 is 0 Å². The van der Waals surface area contributed by atoms with Crippen molar-refractivity contribution in [2.75, 3.05) is 64.4 Å². The van der Waals surface area contributed by atoms with E-state index in [0.717, 1.165) is 70.4 Å². The number of rotatable bonds is 5. The Bertz CT molecular complexity index is 656. The van der Waals surface area contributed by atoms with Gasteiger partial charge < -0.3 is 24.8 Å². The molecule has 156 valence electrons. The molecule has 0 aromatic heterocycles. The Morgan fingerprint density at radius 2 is 1.82 bits per heavy atom. The van der Waals surface area contributed by atoms with Crippen LogP contribution in [0.3, 0.4) is 0 Å². The number of halogens is 1. The molecule has 2 aliphatic heterocycles. The van der Waals surface area contributed by atoms with Crippen LogP contribution in [-0.2, 0) is 4.79 Å². The lowest BCUT2D eigenvalue weighted by atomic mass is 10.2. The Morgan fingerprint density at radius 1 is 1.11 bits per heavy atom. The van der Waals surface area contributed by atoms with Crippen LogP contribution in [0.5, 0.6) is 5.75 Å². The van der Waals surface area contributed by atoms with Crippen LogP contribution in [0.25, 0.3) is 0 Å². The second kappa shape index (κ2) is 11.3. The molecule has 0 aliphatic carbocycles. The first kappa shape index (κ1) is 22.6. The van der Waals surface area contributed by atoms with Crippen molar-refractivity contribution >= 4 is 41.5 Å². The maximum atomic E-state index is 12.3. The molecule has 0 atom stereocenters. The molecule has 1 aromatic rings. The molecule has 0 bridgehead atoms. The van der Waals surface area contributed by atoms with Crippen molar-refractivity contribution in [1.29, 1.82) is 0 Å². The van der Waals surface area contributed by atoms with Gasteiger partial charge in [-0.15, -0.1) is 24.0 Å². The van der Waals surface area contributed by atoms with E-state index in [-0.39, 0.29) is 36.4 Å². The maximum Gasteiger partial charge on any atom is 0.244 e. The number of hydrogen-bond acceptors (Lipinski definition) is 4. The van der Waals surface area contributed by atoms with Gasteiger partial charge in [0.15, 0.2) is 5.96 Å². The quantitative estimate of drug-likeness (QED) is 0.380. The number of guanidine groups is 1. The number of nitrogens with one attached hydrogen (secondary N) is 1. The van der Waals surface area contributed by atoms with Crippen LogP contribution >= 0.6 is 24.0 Å². The van der Waals surface area contributed by atoms with E-state index in [0.29, 0.717) is 0 Å². The molecule has 2 aliphatic rings. The molecule has 7 nitrogen and oxygen atoms in total. The Balaban J connectivity index is 0.00000280. The van der Waals surface area contributed by atoms with E-state index in [1.54, 1.807) is 7.11 Å². The van der Waals surface area contributed by atoms with Crippen LogP contribution in [0.2, 0.25) is 0 Å². The molecule has 8 heteroatoms. The molecule has 28 heavy (non-hydrogen) atoms. The number of methoxy groups -OCH3 is 1. The summed E-state index contributed by atoms with van der Waals surface area (Å²) in [5.74, 6) is 1.86. The van der Waals surface area contributed by atoms with Crippen LogP contribution in [0, 0.1) is 0 Å². The highest BCUT2D eigenvalue weighted by atomic mass is 127. The van der Waals surface area contributed by atoms with Gasteiger partial charge in [0.05, 0.1) is 7.11 Å². The fraction of sp³-hybridized carbons (Fsp3) is 0.600. The first-order chi connectivity index (χ1) is 13.2. The second-order valence-electron chi connectivity index (χ2n) is 6.93. The number of ether oxygens (including phenoxy) is 1. The van der Waals surface area contributed by atoms with E-state index in [9.17, 15) is 4.79 Å². The van der Waals surface area contributed by atoms with Crippen molar-refractivity contribution in [2.24, 2.45) is 4.99 Å². The first-order valence-corrected chi connectivity index (χ1v) is 9.91. The molecule has 0 unspecified atom stereocenters. The Hall–Kier alpha value is -1.71. The largest absolute Gasteiger partial charge is 0.497 e. The summed E-state index contributed by atoms with van der Waals surface area (Å²) in [6.45, 7) is 8.43. The van der Waals surface area contributed by atoms with Crippen LogP contribution in [0.4, 0.5) is 5.69 Å². The minimum absolute atomic E-state index is 0. The highest BCUT2D eigenvalue weighted by Gasteiger charge is 2.21. The molecule has 1 amide bonds. The maximum absolute atomic E-state index is 12.3. The van der Waals surface area contributed by atoms with Crippen molar-refractivity contribution < 1.29 is 9.53 Å². The lowest BCUT2D eigenvalue weighted by molar-refractivity contribution is -0.128. The number of likely N-dealkylation sites (tertiary alicyclic amines) is 1. The molecule has 0 radical (unpaired) electrons.